The average Bonchev–Trinajstić information content (AvgIpc) is 2.31. The van der Waals surface area contributed by atoms with Crippen LogP contribution in [0.4, 0.5) is 0 Å². The summed E-state index contributed by atoms with van der Waals surface area (Å²) >= 11 is 0. The summed E-state index contributed by atoms with van der Waals surface area (Å²) < 4.78 is 23.9. The Morgan fingerprint density at radius 2 is 1.80 bits per heavy atom. The number of carboxylic acids is 1. The minimum Gasteiger partial charge on any atom is -0.480 e. The molecule has 0 aliphatic carbocycles. The summed E-state index contributed by atoms with van der Waals surface area (Å²) in [5.41, 5.74) is 2.18. The normalized spacial score (nSPS) is 12.9. The van der Waals surface area contributed by atoms with Crippen molar-refractivity contribution in [3.8, 4) is 0 Å². The van der Waals surface area contributed by atoms with Gasteiger partial charge in [0.2, 0.25) is 0 Å². The number of ketones is 1. The molecule has 1 rings (SSSR count). The van der Waals surface area contributed by atoms with E-state index in [2.05, 4.69) is 0 Å². The van der Waals surface area contributed by atoms with Crippen LogP contribution in [0.2, 0.25) is 0 Å². The van der Waals surface area contributed by atoms with Gasteiger partial charge in [-0.2, -0.15) is 0 Å². The second-order valence-electron chi connectivity index (χ2n) is 4.76. The van der Waals surface area contributed by atoms with Gasteiger partial charge in [0, 0.05) is 5.56 Å². The highest BCUT2D eigenvalue weighted by Gasteiger charge is 2.32. The van der Waals surface area contributed by atoms with Crippen LogP contribution in [-0.4, -0.2) is 36.3 Å². The van der Waals surface area contributed by atoms with E-state index in [1.807, 2.05) is 13.8 Å². The highest BCUT2D eigenvalue weighted by molar-refractivity contribution is 7.93. The summed E-state index contributed by atoms with van der Waals surface area (Å²) in [6, 6.07) is 4.92. The SMILES string of the molecule is CCC(C(=O)O)S(=O)(=O)CC(=O)c1ccc(C)c(C)c1. The molecule has 0 bridgehead atoms. The lowest BCUT2D eigenvalue weighted by atomic mass is 10.0. The number of aryl methyl sites for hydroxylation is 2. The second kappa shape index (κ2) is 6.17. The standard InChI is InChI=1S/C14H18O5S/c1-4-13(14(16)17)20(18,19)8-12(15)11-6-5-9(2)10(3)7-11/h5-7,13H,4,8H2,1-3H3,(H,16,17). The van der Waals surface area contributed by atoms with Crippen molar-refractivity contribution in [2.45, 2.75) is 32.4 Å². The molecule has 1 N–H and O–H groups in total. The van der Waals surface area contributed by atoms with E-state index in [0.717, 1.165) is 11.1 Å². The van der Waals surface area contributed by atoms with E-state index in [1.165, 1.54) is 6.92 Å². The first-order valence-corrected chi connectivity index (χ1v) is 7.95. The van der Waals surface area contributed by atoms with Gasteiger partial charge >= 0.3 is 5.97 Å². The highest BCUT2D eigenvalue weighted by atomic mass is 32.2. The first kappa shape index (κ1) is 16.4. The molecular weight excluding hydrogens is 280 g/mol. The van der Waals surface area contributed by atoms with Crippen LogP contribution in [0.25, 0.3) is 0 Å². The van der Waals surface area contributed by atoms with Crippen molar-refractivity contribution < 1.29 is 23.1 Å². The molecule has 6 heteroatoms. The maximum absolute atomic E-state index is 12.0. The van der Waals surface area contributed by atoms with Crippen LogP contribution in [0.5, 0.6) is 0 Å². The van der Waals surface area contributed by atoms with Crippen LogP contribution >= 0.6 is 0 Å². The summed E-state index contributed by atoms with van der Waals surface area (Å²) in [5.74, 6) is -2.77. The Balaban J connectivity index is 3.00. The molecule has 0 aliphatic heterocycles. The predicted molar refractivity (Wildman–Crippen MR) is 75.7 cm³/mol. The fourth-order valence-electron chi connectivity index (χ4n) is 1.86. The Morgan fingerprint density at radius 1 is 1.20 bits per heavy atom. The van der Waals surface area contributed by atoms with Crippen molar-refractivity contribution in [1.29, 1.82) is 0 Å². The van der Waals surface area contributed by atoms with Crippen LogP contribution < -0.4 is 0 Å². The van der Waals surface area contributed by atoms with E-state index in [9.17, 15) is 18.0 Å². The number of sulfone groups is 1. The highest BCUT2D eigenvalue weighted by Crippen LogP contribution is 2.14. The Hall–Kier alpha value is -1.69. The number of carbonyl (C=O) groups excluding carboxylic acids is 1. The number of aliphatic carboxylic acids is 1. The van der Waals surface area contributed by atoms with E-state index < -0.39 is 32.6 Å². The van der Waals surface area contributed by atoms with Crippen molar-refractivity contribution in [2.24, 2.45) is 0 Å². The molecule has 20 heavy (non-hydrogen) atoms. The van der Waals surface area contributed by atoms with E-state index >= 15 is 0 Å². The molecule has 1 atom stereocenters. The van der Waals surface area contributed by atoms with Crippen molar-refractivity contribution >= 4 is 21.6 Å². The van der Waals surface area contributed by atoms with E-state index in [-0.39, 0.29) is 12.0 Å². The van der Waals surface area contributed by atoms with Crippen molar-refractivity contribution in [3.63, 3.8) is 0 Å². The van der Waals surface area contributed by atoms with E-state index in [0.29, 0.717) is 0 Å². The number of carboxylic acid groups (broad SMARTS) is 1. The van der Waals surface area contributed by atoms with Gasteiger partial charge in [0.05, 0.1) is 0 Å². The van der Waals surface area contributed by atoms with Crippen molar-refractivity contribution in [3.05, 3.63) is 34.9 Å². The molecule has 1 unspecified atom stereocenters. The molecule has 5 nitrogen and oxygen atoms in total. The molecule has 1 aromatic rings. The summed E-state index contributed by atoms with van der Waals surface area (Å²) in [5, 5.41) is 7.35. The lowest BCUT2D eigenvalue weighted by Gasteiger charge is -2.11. The number of Topliss-reactive ketones (excluding diaryl/α,β-unsaturated/α-hetero) is 1. The third-order valence-corrected chi connectivity index (χ3v) is 5.31. The molecule has 0 saturated heterocycles. The number of benzene rings is 1. The quantitative estimate of drug-likeness (QED) is 0.808. The van der Waals surface area contributed by atoms with Gasteiger partial charge in [-0.05, 0) is 37.5 Å². The Labute approximate surface area is 118 Å². The molecular formula is C14H18O5S. The summed E-state index contributed by atoms with van der Waals surface area (Å²) in [4.78, 5) is 22.9. The maximum atomic E-state index is 12.0. The van der Waals surface area contributed by atoms with Gasteiger partial charge in [-0.25, -0.2) is 8.42 Å². The van der Waals surface area contributed by atoms with Gasteiger partial charge in [-0.1, -0.05) is 19.1 Å². The predicted octanol–water partition coefficient (Wildman–Crippen LogP) is 1.76. The average molecular weight is 298 g/mol. The summed E-state index contributed by atoms with van der Waals surface area (Å²) in [7, 11) is -3.99. The molecule has 0 fully saturated rings. The number of rotatable bonds is 6. The number of hydrogen-bond acceptors (Lipinski definition) is 4. The van der Waals surface area contributed by atoms with Crippen molar-refractivity contribution in [2.75, 3.05) is 5.75 Å². The first-order chi connectivity index (χ1) is 9.19. The monoisotopic (exact) mass is 298 g/mol. The second-order valence-corrected chi connectivity index (χ2v) is 6.95. The fraction of sp³-hybridized carbons (Fsp3) is 0.429. The molecule has 0 radical (unpaired) electrons. The van der Waals surface area contributed by atoms with Gasteiger partial charge in [-0.3, -0.25) is 9.59 Å². The Kier molecular flexibility index (Phi) is 5.05. The maximum Gasteiger partial charge on any atom is 0.321 e. The molecule has 110 valence electrons. The van der Waals surface area contributed by atoms with Gasteiger partial charge in [-0.15, -0.1) is 0 Å². The minimum absolute atomic E-state index is 0.0577. The third kappa shape index (κ3) is 3.66. The fourth-order valence-corrected chi connectivity index (χ4v) is 3.41. The molecule has 0 aromatic heterocycles. The van der Waals surface area contributed by atoms with Crippen molar-refractivity contribution in [1.82, 2.24) is 0 Å². The van der Waals surface area contributed by atoms with Crippen LogP contribution in [-0.2, 0) is 14.6 Å². The molecule has 1 aromatic carbocycles. The van der Waals surface area contributed by atoms with Crippen LogP contribution in [0, 0.1) is 13.8 Å². The largest absolute Gasteiger partial charge is 0.480 e. The molecule has 0 spiro atoms. The molecule has 0 saturated carbocycles. The Morgan fingerprint density at radius 3 is 2.25 bits per heavy atom. The zero-order valence-corrected chi connectivity index (χ0v) is 12.5. The molecule has 0 heterocycles. The third-order valence-electron chi connectivity index (χ3n) is 3.24. The molecule has 0 aliphatic rings. The summed E-state index contributed by atoms with van der Waals surface area (Å²) in [6.45, 7) is 5.18. The van der Waals surface area contributed by atoms with Gasteiger partial charge in [0.25, 0.3) is 0 Å². The topological polar surface area (TPSA) is 88.5 Å². The van der Waals surface area contributed by atoms with Gasteiger partial charge in [0.1, 0.15) is 5.75 Å². The lowest BCUT2D eigenvalue weighted by molar-refractivity contribution is -0.136. The zero-order chi connectivity index (χ0) is 15.5. The smallest absolute Gasteiger partial charge is 0.321 e. The van der Waals surface area contributed by atoms with E-state index in [4.69, 9.17) is 5.11 Å². The van der Waals surface area contributed by atoms with Gasteiger partial charge in [0.15, 0.2) is 20.9 Å². The van der Waals surface area contributed by atoms with E-state index in [1.54, 1.807) is 18.2 Å². The number of carbonyl (C=O) groups is 2. The van der Waals surface area contributed by atoms with Gasteiger partial charge < -0.3 is 5.11 Å². The van der Waals surface area contributed by atoms with Crippen LogP contribution in [0.3, 0.4) is 0 Å². The summed E-state index contributed by atoms with van der Waals surface area (Å²) in [6.07, 6.45) is -0.0577. The minimum atomic E-state index is -3.99. The van der Waals surface area contributed by atoms with Crippen LogP contribution in [0.15, 0.2) is 18.2 Å². The first-order valence-electron chi connectivity index (χ1n) is 6.24. The van der Waals surface area contributed by atoms with Crippen LogP contribution in [0.1, 0.15) is 34.8 Å². The number of hydrogen-bond donors (Lipinski definition) is 1. The zero-order valence-electron chi connectivity index (χ0n) is 11.7. The Bertz CT molecular complexity index is 631. The lowest BCUT2D eigenvalue weighted by Crippen LogP contribution is -2.34. The molecule has 0 amide bonds.